The molecule has 0 spiro atoms. The topological polar surface area (TPSA) is 61.3 Å². The van der Waals surface area contributed by atoms with Gasteiger partial charge in [-0.05, 0) is 43.6 Å². The Bertz CT molecular complexity index is 687. The van der Waals surface area contributed by atoms with Gasteiger partial charge in [-0.1, -0.05) is 30.3 Å². The maximum atomic E-state index is 9.62. The van der Waals surface area contributed by atoms with Gasteiger partial charge in [0.25, 0.3) is 0 Å². The molecule has 1 aliphatic carbocycles. The second-order valence-corrected chi connectivity index (χ2v) is 7.21. The van der Waals surface area contributed by atoms with Crippen molar-refractivity contribution in [2.75, 3.05) is 23.4 Å². The average Bonchev–Trinajstić information content (AvgIpc) is 2.65. The number of hydrogen-bond donors (Lipinski definition) is 2. The Morgan fingerprint density at radius 1 is 1.12 bits per heavy atom. The fourth-order valence-electron chi connectivity index (χ4n) is 4.02. The van der Waals surface area contributed by atoms with E-state index in [0.717, 1.165) is 43.9 Å². The third kappa shape index (κ3) is 3.61. The van der Waals surface area contributed by atoms with E-state index in [1.54, 1.807) is 6.33 Å². The number of nitrogens with zero attached hydrogens (tertiary/aromatic N) is 3. The van der Waals surface area contributed by atoms with Gasteiger partial charge < -0.3 is 15.3 Å². The molecule has 2 aliphatic rings. The summed E-state index contributed by atoms with van der Waals surface area (Å²) in [4.78, 5) is 11.1. The maximum Gasteiger partial charge on any atom is 0.134 e. The van der Waals surface area contributed by atoms with Crippen LogP contribution in [-0.4, -0.2) is 40.3 Å². The lowest BCUT2D eigenvalue weighted by Crippen LogP contribution is -2.42. The summed E-state index contributed by atoms with van der Waals surface area (Å²) in [7, 11) is 0. The van der Waals surface area contributed by atoms with Crippen molar-refractivity contribution in [1.29, 1.82) is 0 Å². The van der Waals surface area contributed by atoms with Gasteiger partial charge in [0.1, 0.15) is 18.0 Å². The van der Waals surface area contributed by atoms with Crippen LogP contribution in [0.15, 0.2) is 42.7 Å². The smallest absolute Gasteiger partial charge is 0.134 e. The van der Waals surface area contributed by atoms with Gasteiger partial charge in [-0.25, -0.2) is 9.97 Å². The number of anilines is 2. The monoisotopic (exact) mass is 338 g/mol. The van der Waals surface area contributed by atoms with E-state index in [0.29, 0.717) is 12.0 Å². The van der Waals surface area contributed by atoms with Crippen molar-refractivity contribution in [2.24, 2.45) is 0 Å². The van der Waals surface area contributed by atoms with Crippen LogP contribution in [0.1, 0.15) is 43.6 Å². The highest BCUT2D eigenvalue weighted by Gasteiger charge is 2.30. The van der Waals surface area contributed by atoms with Crippen molar-refractivity contribution in [1.82, 2.24) is 9.97 Å². The van der Waals surface area contributed by atoms with E-state index in [-0.39, 0.29) is 12.6 Å². The lowest BCUT2D eigenvalue weighted by atomic mass is 9.76. The zero-order chi connectivity index (χ0) is 17.1. The Morgan fingerprint density at radius 3 is 2.76 bits per heavy atom. The van der Waals surface area contributed by atoms with Crippen LogP contribution in [0.25, 0.3) is 0 Å². The summed E-state index contributed by atoms with van der Waals surface area (Å²) in [6, 6.07) is 13.4. The van der Waals surface area contributed by atoms with Gasteiger partial charge in [-0.15, -0.1) is 0 Å². The Balaban J connectivity index is 1.38. The molecule has 0 radical (unpaired) electrons. The molecule has 1 unspecified atom stereocenters. The van der Waals surface area contributed by atoms with Crippen molar-refractivity contribution in [3.05, 3.63) is 48.3 Å². The summed E-state index contributed by atoms with van der Waals surface area (Å²) in [5.74, 6) is 2.47. The highest BCUT2D eigenvalue weighted by molar-refractivity contribution is 5.50. The first-order valence-corrected chi connectivity index (χ1v) is 9.34. The molecule has 1 saturated heterocycles. The highest BCUT2D eigenvalue weighted by Crippen LogP contribution is 2.38. The molecule has 1 aromatic heterocycles. The van der Waals surface area contributed by atoms with E-state index in [1.807, 2.05) is 6.07 Å². The highest BCUT2D eigenvalue weighted by atomic mass is 16.3. The predicted molar refractivity (Wildman–Crippen MR) is 99.9 cm³/mol. The van der Waals surface area contributed by atoms with E-state index in [1.165, 1.54) is 12.0 Å². The minimum absolute atomic E-state index is 0.183. The van der Waals surface area contributed by atoms with Crippen molar-refractivity contribution >= 4 is 11.6 Å². The summed E-state index contributed by atoms with van der Waals surface area (Å²) in [6.45, 7) is 1.15. The summed E-state index contributed by atoms with van der Waals surface area (Å²) in [5, 5.41) is 13.2. The van der Waals surface area contributed by atoms with E-state index < -0.39 is 0 Å². The number of benzene rings is 1. The van der Waals surface area contributed by atoms with Crippen LogP contribution < -0.4 is 10.2 Å². The molecule has 0 bridgehead atoms. The lowest BCUT2D eigenvalue weighted by Gasteiger charge is -2.37. The number of aliphatic hydroxyl groups excluding tert-OH is 1. The molecule has 2 N–H and O–H groups in total. The van der Waals surface area contributed by atoms with Gasteiger partial charge in [-0.3, -0.25) is 0 Å². The molecule has 1 aromatic carbocycles. The van der Waals surface area contributed by atoms with Crippen molar-refractivity contribution in [3.63, 3.8) is 0 Å². The number of aromatic nitrogens is 2. The minimum atomic E-state index is 0.183. The maximum absolute atomic E-state index is 9.62. The van der Waals surface area contributed by atoms with Crippen LogP contribution in [-0.2, 0) is 0 Å². The standard InChI is InChI=1S/C20H26N4O/c25-13-18-8-4-5-9-24(18)20-12-19(21-14-22-20)23-17-10-16(11-17)15-6-2-1-3-7-15/h1-3,6-7,12,14,16-18,25H,4-5,8-11,13H2,(H,21,22,23). The molecule has 1 atom stereocenters. The molecule has 1 saturated carbocycles. The predicted octanol–water partition coefficient (Wildman–Crippen LogP) is 3.19. The summed E-state index contributed by atoms with van der Waals surface area (Å²) in [5.41, 5.74) is 1.43. The van der Waals surface area contributed by atoms with Gasteiger partial charge in [0.15, 0.2) is 0 Å². The molecular formula is C20H26N4O. The Hall–Kier alpha value is -2.14. The van der Waals surface area contributed by atoms with E-state index in [4.69, 9.17) is 0 Å². The Kier molecular flexibility index (Phi) is 4.83. The normalized spacial score (nSPS) is 26.1. The number of hydrogen-bond acceptors (Lipinski definition) is 5. The minimum Gasteiger partial charge on any atom is -0.394 e. The molecule has 4 rings (SSSR count). The fraction of sp³-hybridized carbons (Fsp3) is 0.500. The number of rotatable bonds is 5. The van der Waals surface area contributed by atoms with Crippen LogP contribution in [0.3, 0.4) is 0 Å². The van der Waals surface area contributed by atoms with Gasteiger partial charge in [0.05, 0.1) is 12.6 Å². The van der Waals surface area contributed by atoms with Crippen LogP contribution in [0.4, 0.5) is 11.6 Å². The molecule has 1 aliphatic heterocycles. The SMILES string of the molecule is OCC1CCCCN1c1cc(NC2CC(c3ccccc3)C2)ncn1. The van der Waals surface area contributed by atoms with Gasteiger partial charge in [0, 0.05) is 18.7 Å². The largest absolute Gasteiger partial charge is 0.394 e. The number of piperidine rings is 1. The summed E-state index contributed by atoms with van der Waals surface area (Å²) < 4.78 is 0. The zero-order valence-electron chi connectivity index (χ0n) is 14.5. The van der Waals surface area contributed by atoms with Crippen LogP contribution in [0.5, 0.6) is 0 Å². The fourth-order valence-corrected chi connectivity index (χ4v) is 4.02. The van der Waals surface area contributed by atoms with Crippen molar-refractivity contribution in [3.8, 4) is 0 Å². The molecule has 0 amide bonds. The van der Waals surface area contributed by atoms with E-state index in [2.05, 4.69) is 50.5 Å². The first-order chi connectivity index (χ1) is 12.3. The molecule has 2 aromatic rings. The lowest BCUT2D eigenvalue weighted by molar-refractivity contribution is 0.239. The van der Waals surface area contributed by atoms with Crippen molar-refractivity contribution < 1.29 is 5.11 Å². The Labute approximate surface area is 149 Å². The molecule has 132 valence electrons. The zero-order valence-corrected chi connectivity index (χ0v) is 14.5. The molecule has 25 heavy (non-hydrogen) atoms. The van der Waals surface area contributed by atoms with Gasteiger partial charge >= 0.3 is 0 Å². The quantitative estimate of drug-likeness (QED) is 0.877. The summed E-state index contributed by atoms with van der Waals surface area (Å²) in [6.07, 6.45) is 7.29. The van der Waals surface area contributed by atoms with Gasteiger partial charge in [0.2, 0.25) is 0 Å². The average molecular weight is 338 g/mol. The Morgan fingerprint density at radius 2 is 1.96 bits per heavy atom. The summed E-state index contributed by atoms with van der Waals surface area (Å²) >= 11 is 0. The van der Waals surface area contributed by atoms with Gasteiger partial charge in [-0.2, -0.15) is 0 Å². The first kappa shape index (κ1) is 16.3. The second-order valence-electron chi connectivity index (χ2n) is 7.21. The first-order valence-electron chi connectivity index (χ1n) is 9.34. The molecular weight excluding hydrogens is 312 g/mol. The van der Waals surface area contributed by atoms with Crippen LogP contribution in [0.2, 0.25) is 0 Å². The molecule has 2 heterocycles. The van der Waals surface area contributed by atoms with E-state index in [9.17, 15) is 5.11 Å². The van der Waals surface area contributed by atoms with E-state index >= 15 is 0 Å². The van der Waals surface area contributed by atoms with Crippen molar-refractivity contribution in [2.45, 2.75) is 50.1 Å². The second kappa shape index (κ2) is 7.40. The third-order valence-corrected chi connectivity index (χ3v) is 5.55. The number of aliphatic hydroxyl groups is 1. The third-order valence-electron chi connectivity index (χ3n) is 5.55. The molecule has 2 fully saturated rings. The van der Waals surface area contributed by atoms with Crippen LogP contribution in [0, 0.1) is 0 Å². The van der Waals surface area contributed by atoms with Crippen LogP contribution >= 0.6 is 0 Å². The molecule has 5 heteroatoms. The molecule has 5 nitrogen and oxygen atoms in total. The number of nitrogens with one attached hydrogen (secondary N) is 1.